The molecule has 5 nitrogen and oxygen atoms in total. The Morgan fingerprint density at radius 3 is 2.93 bits per heavy atom. The number of carbonyl (C=O) groups is 1. The van der Waals surface area contributed by atoms with Crippen molar-refractivity contribution in [3.63, 3.8) is 0 Å². The highest BCUT2D eigenvalue weighted by Gasteiger charge is 2.40. The van der Waals surface area contributed by atoms with E-state index in [0.717, 1.165) is 31.5 Å². The van der Waals surface area contributed by atoms with Gasteiger partial charge in [0.1, 0.15) is 0 Å². The maximum atomic E-state index is 11.7. The van der Waals surface area contributed by atoms with E-state index in [-0.39, 0.29) is 5.91 Å². The summed E-state index contributed by atoms with van der Waals surface area (Å²) in [5, 5.41) is 6.87. The van der Waals surface area contributed by atoms with Crippen LogP contribution in [0, 0.1) is 0 Å². The third kappa shape index (κ3) is 1.87. The molecule has 0 saturated heterocycles. The van der Waals surface area contributed by atoms with E-state index in [0.29, 0.717) is 0 Å². The first kappa shape index (κ1) is 10.2. The lowest BCUT2D eigenvalue weighted by molar-refractivity contribution is -0.123. The summed E-state index contributed by atoms with van der Waals surface area (Å²) in [4.78, 5) is 11.7. The van der Waals surface area contributed by atoms with Gasteiger partial charge in [0.25, 0.3) is 0 Å². The highest BCUT2D eigenvalue weighted by atomic mass is 16.2. The average molecular weight is 208 g/mol. The Morgan fingerprint density at radius 1 is 1.73 bits per heavy atom. The van der Waals surface area contributed by atoms with Crippen LogP contribution in [0.15, 0.2) is 12.4 Å². The van der Waals surface area contributed by atoms with Crippen LogP contribution in [0.2, 0.25) is 0 Å². The van der Waals surface area contributed by atoms with Gasteiger partial charge in [-0.05, 0) is 26.2 Å². The first-order chi connectivity index (χ1) is 7.14. The standard InChI is InChI=1S/C10H16N4O/c1-2-14-7-8(6-12-14)13-9(15)10(11)4-3-5-10/h6-7H,2-5,11H2,1H3,(H,13,15). The van der Waals surface area contributed by atoms with Crippen molar-refractivity contribution in [3.05, 3.63) is 12.4 Å². The summed E-state index contributed by atoms with van der Waals surface area (Å²) in [5.74, 6) is -0.0931. The molecule has 1 aromatic heterocycles. The van der Waals surface area contributed by atoms with Gasteiger partial charge in [-0.15, -0.1) is 0 Å². The Balaban J connectivity index is 1.99. The zero-order valence-electron chi connectivity index (χ0n) is 8.86. The molecule has 1 aliphatic carbocycles. The van der Waals surface area contributed by atoms with Crippen LogP contribution in [0.25, 0.3) is 0 Å². The molecule has 2 rings (SSSR count). The van der Waals surface area contributed by atoms with E-state index in [9.17, 15) is 4.79 Å². The highest BCUT2D eigenvalue weighted by molar-refractivity contribution is 5.98. The van der Waals surface area contributed by atoms with Crippen LogP contribution in [0.4, 0.5) is 5.69 Å². The molecule has 5 heteroatoms. The molecule has 0 atom stereocenters. The van der Waals surface area contributed by atoms with Crippen LogP contribution in [-0.2, 0) is 11.3 Å². The van der Waals surface area contributed by atoms with Crippen molar-refractivity contribution in [1.29, 1.82) is 0 Å². The van der Waals surface area contributed by atoms with Gasteiger partial charge in [-0.3, -0.25) is 9.48 Å². The number of nitrogens with one attached hydrogen (secondary N) is 1. The van der Waals surface area contributed by atoms with Gasteiger partial charge in [0.05, 0.1) is 17.4 Å². The maximum Gasteiger partial charge on any atom is 0.244 e. The molecule has 15 heavy (non-hydrogen) atoms. The fourth-order valence-electron chi connectivity index (χ4n) is 1.64. The van der Waals surface area contributed by atoms with Crippen molar-refractivity contribution < 1.29 is 4.79 Å². The monoisotopic (exact) mass is 208 g/mol. The predicted molar refractivity (Wildman–Crippen MR) is 57.3 cm³/mol. The van der Waals surface area contributed by atoms with Crippen molar-refractivity contribution in [2.45, 2.75) is 38.3 Å². The van der Waals surface area contributed by atoms with E-state index in [1.807, 2.05) is 6.92 Å². The number of hydrogen-bond acceptors (Lipinski definition) is 3. The average Bonchev–Trinajstić information content (AvgIpc) is 2.61. The third-order valence-electron chi connectivity index (χ3n) is 2.91. The van der Waals surface area contributed by atoms with E-state index in [1.165, 1.54) is 0 Å². The number of hydrogen-bond donors (Lipinski definition) is 2. The summed E-state index contributed by atoms with van der Waals surface area (Å²) in [5.41, 5.74) is 5.97. The lowest BCUT2D eigenvalue weighted by atomic mass is 9.77. The molecule has 1 aromatic rings. The van der Waals surface area contributed by atoms with Crippen molar-refractivity contribution in [3.8, 4) is 0 Å². The molecule has 3 N–H and O–H groups in total. The van der Waals surface area contributed by atoms with Crippen LogP contribution in [-0.4, -0.2) is 21.2 Å². The molecule has 1 amide bonds. The van der Waals surface area contributed by atoms with Crippen LogP contribution in [0.1, 0.15) is 26.2 Å². The number of nitrogens with two attached hydrogens (primary N) is 1. The topological polar surface area (TPSA) is 72.9 Å². The summed E-state index contributed by atoms with van der Waals surface area (Å²) in [6.45, 7) is 2.79. The Bertz CT molecular complexity index is 367. The second-order valence-corrected chi connectivity index (χ2v) is 4.05. The van der Waals surface area contributed by atoms with E-state index < -0.39 is 5.54 Å². The van der Waals surface area contributed by atoms with Gasteiger partial charge in [-0.1, -0.05) is 0 Å². The number of aryl methyl sites for hydroxylation is 1. The van der Waals surface area contributed by atoms with Gasteiger partial charge in [0.15, 0.2) is 0 Å². The van der Waals surface area contributed by atoms with Crippen LogP contribution in [0.3, 0.4) is 0 Å². The van der Waals surface area contributed by atoms with Gasteiger partial charge >= 0.3 is 0 Å². The smallest absolute Gasteiger partial charge is 0.244 e. The fourth-order valence-corrected chi connectivity index (χ4v) is 1.64. The molecule has 0 radical (unpaired) electrons. The first-order valence-electron chi connectivity index (χ1n) is 5.27. The van der Waals surface area contributed by atoms with Crippen molar-refractivity contribution in [2.24, 2.45) is 5.73 Å². The van der Waals surface area contributed by atoms with E-state index in [1.54, 1.807) is 17.1 Å². The SMILES string of the molecule is CCn1cc(NC(=O)C2(N)CCC2)cn1. The molecule has 1 saturated carbocycles. The van der Waals surface area contributed by atoms with Gasteiger partial charge in [-0.25, -0.2) is 0 Å². The minimum atomic E-state index is -0.645. The Kier molecular flexibility index (Phi) is 2.48. The number of nitrogens with zero attached hydrogens (tertiary/aromatic N) is 2. The normalized spacial score (nSPS) is 18.3. The quantitative estimate of drug-likeness (QED) is 0.768. The predicted octanol–water partition coefficient (Wildman–Crippen LogP) is 0.723. The Morgan fingerprint density at radius 2 is 2.47 bits per heavy atom. The zero-order valence-corrected chi connectivity index (χ0v) is 8.86. The molecule has 0 aliphatic heterocycles. The lowest BCUT2D eigenvalue weighted by Crippen LogP contribution is -2.56. The highest BCUT2D eigenvalue weighted by Crippen LogP contribution is 2.30. The molecular weight excluding hydrogens is 192 g/mol. The van der Waals surface area contributed by atoms with Crippen molar-refractivity contribution in [1.82, 2.24) is 9.78 Å². The number of amides is 1. The largest absolute Gasteiger partial charge is 0.322 e. The lowest BCUT2D eigenvalue weighted by Gasteiger charge is -2.35. The fraction of sp³-hybridized carbons (Fsp3) is 0.600. The Labute approximate surface area is 88.6 Å². The van der Waals surface area contributed by atoms with Gasteiger partial charge in [-0.2, -0.15) is 5.10 Å². The van der Waals surface area contributed by atoms with E-state index in [4.69, 9.17) is 5.73 Å². The number of aromatic nitrogens is 2. The number of anilines is 1. The van der Waals surface area contributed by atoms with Crippen LogP contribution < -0.4 is 11.1 Å². The first-order valence-corrected chi connectivity index (χ1v) is 5.27. The van der Waals surface area contributed by atoms with Crippen LogP contribution >= 0.6 is 0 Å². The molecule has 1 heterocycles. The summed E-state index contributed by atoms with van der Waals surface area (Å²) in [6, 6.07) is 0. The van der Waals surface area contributed by atoms with Crippen molar-refractivity contribution >= 4 is 11.6 Å². The third-order valence-corrected chi connectivity index (χ3v) is 2.91. The second-order valence-electron chi connectivity index (χ2n) is 4.05. The molecule has 0 unspecified atom stereocenters. The van der Waals surface area contributed by atoms with E-state index in [2.05, 4.69) is 10.4 Å². The summed E-state index contributed by atoms with van der Waals surface area (Å²) in [7, 11) is 0. The molecule has 0 bridgehead atoms. The summed E-state index contributed by atoms with van der Waals surface area (Å²) < 4.78 is 1.76. The molecule has 0 aromatic carbocycles. The van der Waals surface area contributed by atoms with Gasteiger partial charge in [0.2, 0.25) is 5.91 Å². The second kappa shape index (κ2) is 3.66. The molecule has 1 aliphatic rings. The van der Waals surface area contributed by atoms with Gasteiger partial charge < -0.3 is 11.1 Å². The minimum absolute atomic E-state index is 0.0931. The molecule has 0 spiro atoms. The number of carbonyl (C=O) groups excluding carboxylic acids is 1. The molecular formula is C10H16N4O. The summed E-state index contributed by atoms with van der Waals surface area (Å²) >= 11 is 0. The molecule has 82 valence electrons. The maximum absolute atomic E-state index is 11.7. The van der Waals surface area contributed by atoms with Crippen molar-refractivity contribution in [2.75, 3.05) is 5.32 Å². The van der Waals surface area contributed by atoms with Crippen LogP contribution in [0.5, 0.6) is 0 Å². The van der Waals surface area contributed by atoms with Gasteiger partial charge in [0, 0.05) is 12.7 Å². The number of rotatable bonds is 3. The Hall–Kier alpha value is -1.36. The molecule has 1 fully saturated rings. The summed E-state index contributed by atoms with van der Waals surface area (Å²) in [6.07, 6.45) is 6.04. The minimum Gasteiger partial charge on any atom is -0.322 e. The van der Waals surface area contributed by atoms with E-state index >= 15 is 0 Å². The zero-order chi connectivity index (χ0) is 10.9.